The minimum Gasteiger partial charge on any atom is -0.465 e. The van der Waals surface area contributed by atoms with Crippen molar-refractivity contribution in [2.24, 2.45) is 0 Å². The summed E-state index contributed by atoms with van der Waals surface area (Å²) in [5, 5.41) is 2.65. The molecule has 0 bridgehead atoms. The predicted octanol–water partition coefficient (Wildman–Crippen LogP) is 2.65. The zero-order chi connectivity index (χ0) is 21.7. The third-order valence-electron chi connectivity index (χ3n) is 4.55. The molecule has 1 aromatic heterocycles. The Balaban J connectivity index is 2.02. The Kier molecular flexibility index (Phi) is 6.93. The van der Waals surface area contributed by atoms with E-state index in [1.165, 1.54) is 14.0 Å². The molecule has 1 amide bonds. The first kappa shape index (κ1) is 21.9. The third kappa shape index (κ3) is 5.31. The number of ketones is 1. The Labute approximate surface area is 168 Å². The Hall–Kier alpha value is -3.42. The zero-order valence-electron chi connectivity index (χ0n) is 17.1. The fourth-order valence-corrected chi connectivity index (χ4v) is 2.88. The maximum absolute atomic E-state index is 12.2. The lowest BCUT2D eigenvalue weighted by molar-refractivity contribution is -0.146. The van der Waals surface area contributed by atoms with Crippen LogP contribution in [0.15, 0.2) is 18.2 Å². The van der Waals surface area contributed by atoms with E-state index in [9.17, 15) is 19.2 Å². The van der Waals surface area contributed by atoms with Crippen LogP contribution >= 0.6 is 0 Å². The molecule has 8 nitrogen and oxygen atoms in total. The van der Waals surface area contributed by atoms with Crippen molar-refractivity contribution in [2.45, 2.75) is 34.1 Å². The summed E-state index contributed by atoms with van der Waals surface area (Å²) in [6.07, 6.45) is -0.310. The largest absolute Gasteiger partial charge is 0.465 e. The number of benzene rings is 1. The summed E-state index contributed by atoms with van der Waals surface area (Å²) in [7, 11) is 1.21. The van der Waals surface area contributed by atoms with E-state index in [0.717, 1.165) is 11.1 Å². The van der Waals surface area contributed by atoms with Gasteiger partial charge >= 0.3 is 11.9 Å². The van der Waals surface area contributed by atoms with E-state index in [-0.39, 0.29) is 29.2 Å². The number of esters is 2. The fraction of sp³-hybridized carbons (Fsp3) is 0.333. The van der Waals surface area contributed by atoms with Gasteiger partial charge in [0.2, 0.25) is 0 Å². The molecule has 0 atom stereocenters. The maximum atomic E-state index is 12.2. The number of hydrogen-bond acceptors (Lipinski definition) is 6. The van der Waals surface area contributed by atoms with Crippen LogP contribution in [0.1, 0.15) is 50.2 Å². The number of hydrogen-bond donors (Lipinski definition) is 2. The number of methoxy groups -OCH3 is 1. The van der Waals surface area contributed by atoms with Gasteiger partial charge in [-0.2, -0.15) is 0 Å². The molecule has 1 heterocycles. The monoisotopic (exact) mass is 400 g/mol. The number of rotatable bonds is 7. The average Bonchev–Trinajstić information content (AvgIpc) is 2.98. The molecule has 0 aliphatic carbocycles. The van der Waals surface area contributed by atoms with Gasteiger partial charge in [-0.3, -0.25) is 14.4 Å². The lowest BCUT2D eigenvalue weighted by Crippen LogP contribution is -2.22. The summed E-state index contributed by atoms with van der Waals surface area (Å²) in [5.41, 5.74) is 3.68. The van der Waals surface area contributed by atoms with Crippen LogP contribution < -0.4 is 5.32 Å². The standard InChI is InChI=1S/C21H24N2O6/c1-11-6-7-15(8-12(11)2)22-17(25)10-29-18(26)9-16-19(21(27)28-5)13(3)20(23-16)14(4)24/h6-8,23H,9-10H2,1-5H3,(H,22,25). The molecule has 154 valence electrons. The van der Waals surface area contributed by atoms with Gasteiger partial charge in [-0.25, -0.2) is 4.79 Å². The van der Waals surface area contributed by atoms with Crippen molar-refractivity contribution in [1.29, 1.82) is 0 Å². The highest BCUT2D eigenvalue weighted by Crippen LogP contribution is 2.21. The number of Topliss-reactive ketones (excluding diaryl/α,β-unsaturated/α-hetero) is 1. The molecule has 0 radical (unpaired) electrons. The number of aromatic amines is 1. The van der Waals surface area contributed by atoms with Crippen LogP contribution in [0.2, 0.25) is 0 Å². The first-order valence-electron chi connectivity index (χ1n) is 8.97. The Morgan fingerprint density at radius 2 is 1.76 bits per heavy atom. The molecule has 1 aromatic carbocycles. The third-order valence-corrected chi connectivity index (χ3v) is 4.55. The van der Waals surface area contributed by atoms with Crippen LogP contribution in [0.3, 0.4) is 0 Å². The SMILES string of the molecule is COC(=O)c1c(CC(=O)OCC(=O)Nc2ccc(C)c(C)c2)[nH]c(C(C)=O)c1C. The Bertz CT molecular complexity index is 974. The summed E-state index contributed by atoms with van der Waals surface area (Å²) >= 11 is 0. The molecule has 0 aliphatic rings. The highest BCUT2D eigenvalue weighted by molar-refractivity contribution is 6.01. The Morgan fingerprint density at radius 3 is 2.34 bits per heavy atom. The normalized spacial score (nSPS) is 10.4. The van der Waals surface area contributed by atoms with E-state index in [1.54, 1.807) is 13.0 Å². The lowest BCUT2D eigenvalue weighted by Gasteiger charge is -2.09. The molecule has 2 aromatic rings. The number of anilines is 1. The molecule has 0 saturated heterocycles. The van der Waals surface area contributed by atoms with Gasteiger partial charge < -0.3 is 19.8 Å². The summed E-state index contributed by atoms with van der Waals surface area (Å²) in [6, 6.07) is 5.46. The number of nitrogens with one attached hydrogen (secondary N) is 2. The van der Waals surface area contributed by atoms with Crippen molar-refractivity contribution in [1.82, 2.24) is 4.98 Å². The van der Waals surface area contributed by atoms with Crippen LogP contribution in [0.25, 0.3) is 0 Å². The van der Waals surface area contributed by atoms with E-state index in [4.69, 9.17) is 9.47 Å². The van der Waals surface area contributed by atoms with Crippen LogP contribution in [0.4, 0.5) is 5.69 Å². The highest BCUT2D eigenvalue weighted by atomic mass is 16.5. The quantitative estimate of drug-likeness (QED) is 0.545. The van der Waals surface area contributed by atoms with Gasteiger partial charge in [0.25, 0.3) is 5.91 Å². The molecule has 0 unspecified atom stereocenters. The van der Waals surface area contributed by atoms with E-state index in [0.29, 0.717) is 11.3 Å². The average molecular weight is 400 g/mol. The zero-order valence-corrected chi connectivity index (χ0v) is 17.1. The van der Waals surface area contributed by atoms with Gasteiger partial charge in [0.15, 0.2) is 12.4 Å². The second kappa shape index (κ2) is 9.18. The van der Waals surface area contributed by atoms with Crippen LogP contribution in [-0.4, -0.2) is 42.3 Å². The molecular formula is C21H24N2O6. The summed E-state index contributed by atoms with van der Waals surface area (Å²) in [5.74, 6) is -2.15. The van der Waals surface area contributed by atoms with E-state index in [1.807, 2.05) is 26.0 Å². The second-order valence-corrected chi connectivity index (χ2v) is 6.71. The van der Waals surface area contributed by atoms with Crippen molar-refractivity contribution >= 4 is 29.3 Å². The summed E-state index contributed by atoms with van der Waals surface area (Å²) < 4.78 is 9.73. The molecule has 29 heavy (non-hydrogen) atoms. The van der Waals surface area contributed by atoms with Gasteiger partial charge in [0.05, 0.1) is 24.8 Å². The van der Waals surface area contributed by atoms with Crippen LogP contribution in [0, 0.1) is 20.8 Å². The van der Waals surface area contributed by atoms with Gasteiger partial charge in [-0.1, -0.05) is 6.07 Å². The van der Waals surface area contributed by atoms with Crippen molar-refractivity contribution in [3.8, 4) is 0 Å². The van der Waals surface area contributed by atoms with Gasteiger partial charge in [0, 0.05) is 18.3 Å². The molecule has 0 fully saturated rings. The van der Waals surface area contributed by atoms with Crippen molar-refractivity contribution in [3.05, 3.63) is 51.8 Å². The predicted molar refractivity (Wildman–Crippen MR) is 106 cm³/mol. The molecule has 8 heteroatoms. The van der Waals surface area contributed by atoms with E-state index < -0.39 is 24.5 Å². The minimum absolute atomic E-state index is 0.120. The number of carbonyl (C=O) groups is 4. The van der Waals surface area contributed by atoms with Crippen molar-refractivity contribution in [2.75, 3.05) is 19.0 Å². The Morgan fingerprint density at radius 1 is 1.07 bits per heavy atom. The van der Waals surface area contributed by atoms with Crippen molar-refractivity contribution in [3.63, 3.8) is 0 Å². The maximum Gasteiger partial charge on any atom is 0.339 e. The topological polar surface area (TPSA) is 115 Å². The first-order valence-corrected chi connectivity index (χ1v) is 8.97. The number of aryl methyl sites for hydroxylation is 2. The van der Waals surface area contributed by atoms with Crippen LogP contribution in [0.5, 0.6) is 0 Å². The molecule has 0 spiro atoms. The number of ether oxygens (including phenoxy) is 2. The molecule has 0 aliphatic heterocycles. The summed E-state index contributed by atoms with van der Waals surface area (Å²) in [4.78, 5) is 50.7. The summed E-state index contributed by atoms with van der Waals surface area (Å²) in [6.45, 7) is 6.35. The minimum atomic E-state index is -0.721. The van der Waals surface area contributed by atoms with Gasteiger partial charge in [-0.15, -0.1) is 0 Å². The number of H-pyrrole nitrogens is 1. The fourth-order valence-electron chi connectivity index (χ4n) is 2.88. The smallest absolute Gasteiger partial charge is 0.339 e. The molecular weight excluding hydrogens is 376 g/mol. The van der Waals surface area contributed by atoms with E-state index in [2.05, 4.69) is 10.3 Å². The highest BCUT2D eigenvalue weighted by Gasteiger charge is 2.25. The van der Waals surface area contributed by atoms with Gasteiger partial charge in [-0.05, 0) is 49.6 Å². The number of aromatic nitrogens is 1. The van der Waals surface area contributed by atoms with Crippen LogP contribution in [-0.2, 0) is 25.5 Å². The number of carbonyl (C=O) groups excluding carboxylic acids is 4. The number of amides is 1. The molecule has 2 rings (SSSR count). The lowest BCUT2D eigenvalue weighted by atomic mass is 10.1. The first-order chi connectivity index (χ1) is 13.6. The second-order valence-electron chi connectivity index (χ2n) is 6.71. The van der Waals surface area contributed by atoms with Crippen molar-refractivity contribution < 1.29 is 28.7 Å². The molecule has 2 N–H and O–H groups in total. The molecule has 0 saturated carbocycles. The van der Waals surface area contributed by atoms with Gasteiger partial charge in [0.1, 0.15) is 0 Å². The van der Waals surface area contributed by atoms with E-state index >= 15 is 0 Å².